The second kappa shape index (κ2) is 8.71. The van der Waals surface area contributed by atoms with Crippen LogP contribution in [0, 0.1) is 5.92 Å². The zero-order chi connectivity index (χ0) is 14.4. The van der Waals surface area contributed by atoms with Crippen molar-refractivity contribution in [2.45, 2.75) is 47.1 Å². The minimum atomic E-state index is -0.812. The Bertz CT molecular complexity index is 583. The molecule has 1 aromatic carbocycles. The van der Waals surface area contributed by atoms with Crippen molar-refractivity contribution in [3.8, 4) is 0 Å². The number of hydrogen-bond donors (Lipinski definition) is 1. The van der Waals surface area contributed by atoms with Gasteiger partial charge in [0.15, 0.2) is 0 Å². The van der Waals surface area contributed by atoms with E-state index in [0.29, 0.717) is 5.92 Å². The van der Waals surface area contributed by atoms with Gasteiger partial charge in [0.1, 0.15) is 0 Å². The Morgan fingerprint density at radius 1 is 0.955 bits per heavy atom. The summed E-state index contributed by atoms with van der Waals surface area (Å²) in [6.45, 7) is 12.6. The van der Waals surface area contributed by atoms with Gasteiger partial charge in [-0.05, 0) is 62.5 Å². The van der Waals surface area contributed by atoms with Crippen LogP contribution in [0.2, 0.25) is 0 Å². The third-order valence-electron chi connectivity index (χ3n) is 4.52. The number of aliphatic hydroxyl groups is 1. The number of hydrogen-bond acceptors (Lipinski definition) is 1. The summed E-state index contributed by atoms with van der Waals surface area (Å²) in [7, 11) is 0. The van der Waals surface area contributed by atoms with Crippen molar-refractivity contribution in [1.82, 2.24) is 0 Å². The molecular formula is C18H24Cl2OTi. The molecule has 0 bridgehead atoms. The van der Waals surface area contributed by atoms with E-state index >= 15 is 0 Å². The molecule has 0 spiro atoms. The second-order valence-corrected chi connectivity index (χ2v) is 6.17. The van der Waals surface area contributed by atoms with Crippen molar-refractivity contribution in [1.29, 1.82) is 0 Å². The zero-order valence-corrected chi connectivity index (χ0v) is 17.2. The van der Waals surface area contributed by atoms with Gasteiger partial charge in [-0.3, -0.25) is 0 Å². The molecule has 1 nitrogen and oxygen atoms in total. The molecule has 1 aliphatic carbocycles. The molecule has 2 rings (SSSR count). The molecule has 0 aromatic heterocycles. The number of allylic oxidation sites excluding steroid dienone is 4. The van der Waals surface area contributed by atoms with E-state index in [9.17, 15) is 5.11 Å². The van der Waals surface area contributed by atoms with Crippen LogP contribution in [0.15, 0.2) is 41.0 Å². The maximum Gasteiger partial charge on any atom is 2.00 e. The molecular weight excluding hydrogens is 351 g/mol. The van der Waals surface area contributed by atoms with Crippen LogP contribution in [0.3, 0.4) is 0 Å². The SMILES string of the molecule is CC1=C(C)C(C)C(c2ccccc2C(C)(C)O)=C1C.[Cl-].[Cl-].[Ti+2]. The van der Waals surface area contributed by atoms with Gasteiger partial charge in [0.25, 0.3) is 0 Å². The fourth-order valence-corrected chi connectivity index (χ4v) is 3.05. The third kappa shape index (κ3) is 4.27. The quantitative estimate of drug-likeness (QED) is 0.636. The Balaban J connectivity index is 0. The minimum absolute atomic E-state index is 0. The number of rotatable bonds is 2. The van der Waals surface area contributed by atoms with Gasteiger partial charge in [0.05, 0.1) is 5.60 Å². The van der Waals surface area contributed by atoms with Gasteiger partial charge >= 0.3 is 21.7 Å². The normalized spacial score (nSPS) is 17.7. The molecule has 0 aliphatic heterocycles. The maximum absolute atomic E-state index is 10.4. The fourth-order valence-electron chi connectivity index (χ4n) is 3.05. The smallest absolute Gasteiger partial charge is 1.00 e. The average Bonchev–Trinajstić information content (AvgIpc) is 2.53. The molecule has 4 heteroatoms. The van der Waals surface area contributed by atoms with Crippen LogP contribution >= 0.6 is 0 Å². The summed E-state index contributed by atoms with van der Waals surface area (Å²) in [5, 5.41) is 10.4. The first-order valence-electron chi connectivity index (χ1n) is 6.96. The van der Waals surface area contributed by atoms with Crippen LogP contribution < -0.4 is 24.8 Å². The maximum atomic E-state index is 10.4. The van der Waals surface area contributed by atoms with Crippen LogP contribution in [-0.2, 0) is 27.3 Å². The van der Waals surface area contributed by atoms with E-state index in [1.807, 2.05) is 26.0 Å². The summed E-state index contributed by atoms with van der Waals surface area (Å²) in [6.07, 6.45) is 0. The molecule has 120 valence electrons. The predicted molar refractivity (Wildman–Crippen MR) is 81.8 cm³/mol. The van der Waals surface area contributed by atoms with Crippen LogP contribution in [0.25, 0.3) is 5.57 Å². The van der Waals surface area contributed by atoms with Crippen molar-refractivity contribution in [2.24, 2.45) is 5.92 Å². The monoisotopic (exact) mass is 374 g/mol. The van der Waals surface area contributed by atoms with E-state index in [0.717, 1.165) is 5.56 Å². The third-order valence-corrected chi connectivity index (χ3v) is 4.52. The molecule has 22 heavy (non-hydrogen) atoms. The summed E-state index contributed by atoms with van der Waals surface area (Å²) < 4.78 is 0. The molecule has 1 N–H and O–H groups in total. The molecule has 1 unspecified atom stereocenters. The van der Waals surface area contributed by atoms with Crippen LogP contribution in [-0.4, -0.2) is 5.11 Å². The molecule has 1 aromatic rings. The summed E-state index contributed by atoms with van der Waals surface area (Å²) >= 11 is 0. The largest absolute Gasteiger partial charge is 2.00 e. The van der Waals surface area contributed by atoms with E-state index < -0.39 is 5.60 Å². The Kier molecular flexibility index (Phi) is 9.58. The van der Waals surface area contributed by atoms with Gasteiger partial charge in [0, 0.05) is 5.92 Å². The fraction of sp³-hybridized carbons (Fsp3) is 0.444. The Morgan fingerprint density at radius 2 is 1.45 bits per heavy atom. The molecule has 1 aliphatic rings. The molecule has 1 atom stereocenters. The van der Waals surface area contributed by atoms with Crippen LogP contribution in [0.1, 0.15) is 52.7 Å². The van der Waals surface area contributed by atoms with E-state index in [-0.39, 0.29) is 46.5 Å². The summed E-state index contributed by atoms with van der Waals surface area (Å²) in [5.74, 6) is 0.434. The Morgan fingerprint density at radius 3 is 1.86 bits per heavy atom. The van der Waals surface area contributed by atoms with Crippen molar-refractivity contribution in [3.05, 3.63) is 52.1 Å². The molecule has 0 amide bonds. The van der Waals surface area contributed by atoms with Crippen molar-refractivity contribution >= 4 is 5.57 Å². The molecule has 0 heterocycles. The van der Waals surface area contributed by atoms with Gasteiger partial charge in [-0.2, -0.15) is 0 Å². The first kappa shape index (κ1) is 24.2. The predicted octanol–water partition coefficient (Wildman–Crippen LogP) is -1.32. The van der Waals surface area contributed by atoms with Crippen LogP contribution in [0.5, 0.6) is 0 Å². The van der Waals surface area contributed by atoms with E-state index in [1.165, 1.54) is 27.9 Å². The Labute approximate surface area is 162 Å². The van der Waals surface area contributed by atoms with Gasteiger partial charge < -0.3 is 29.9 Å². The first-order valence-corrected chi connectivity index (χ1v) is 6.96. The summed E-state index contributed by atoms with van der Waals surface area (Å²) in [4.78, 5) is 0. The van der Waals surface area contributed by atoms with Crippen LogP contribution in [0.4, 0.5) is 0 Å². The minimum Gasteiger partial charge on any atom is -1.00 e. The number of halogens is 2. The molecule has 0 fully saturated rings. The molecule has 0 saturated heterocycles. The topological polar surface area (TPSA) is 20.2 Å². The standard InChI is InChI=1S/C18H24O.2ClH.Ti/c1-11-12(2)14(4)17(13(11)3)15-9-7-8-10-16(15)18(5,6)19;;;/h7-10,13,19H,1-6H3;2*1H;/q;;;+2/p-2. The first-order chi connectivity index (χ1) is 8.75. The van der Waals surface area contributed by atoms with Gasteiger partial charge in [-0.15, -0.1) is 0 Å². The number of benzene rings is 1. The molecule has 0 radical (unpaired) electrons. The molecule has 0 saturated carbocycles. The summed E-state index contributed by atoms with van der Waals surface area (Å²) in [5.41, 5.74) is 6.96. The second-order valence-electron chi connectivity index (χ2n) is 6.17. The van der Waals surface area contributed by atoms with Crippen molar-refractivity contribution in [2.75, 3.05) is 0 Å². The van der Waals surface area contributed by atoms with E-state index in [1.54, 1.807) is 0 Å². The van der Waals surface area contributed by atoms with E-state index in [4.69, 9.17) is 0 Å². The van der Waals surface area contributed by atoms with Gasteiger partial charge in [-0.1, -0.05) is 36.8 Å². The zero-order valence-electron chi connectivity index (χ0n) is 14.1. The van der Waals surface area contributed by atoms with E-state index in [2.05, 4.69) is 39.8 Å². The van der Waals surface area contributed by atoms with Gasteiger partial charge in [0.2, 0.25) is 0 Å². The van der Waals surface area contributed by atoms with Crippen molar-refractivity contribution in [3.63, 3.8) is 0 Å². The summed E-state index contributed by atoms with van der Waals surface area (Å²) in [6, 6.07) is 8.22. The van der Waals surface area contributed by atoms with Crippen molar-refractivity contribution < 1.29 is 51.6 Å². The Hall–Kier alpha value is -0.0457. The average molecular weight is 375 g/mol. The van der Waals surface area contributed by atoms with Gasteiger partial charge in [-0.25, -0.2) is 0 Å².